The van der Waals surface area contributed by atoms with Gasteiger partial charge in [0.25, 0.3) is 11.4 Å². The lowest BCUT2D eigenvalue weighted by molar-refractivity contribution is -0.386. The molecule has 16 nitrogen and oxygen atoms in total. The molecule has 16 heteroatoms. The lowest BCUT2D eigenvalue weighted by atomic mass is 9.80. The SMILES string of the molecule is CCOC(=O)C(c1cc(N2CCN(C)CC2)ncc1[N+](=O)[O-])C(C(N)=O)c1cc(N2CCN(C)CC2)ncc1[N+](=O)[O-]. The molecule has 4 rings (SSSR count). The number of hydrogen-bond donors (Lipinski definition) is 1. The number of anilines is 2. The zero-order valence-electron chi connectivity index (χ0n) is 23.8. The number of aromatic nitrogens is 2. The fraction of sp³-hybridized carbons (Fsp3) is 0.538. The number of primary amides is 1. The molecule has 0 bridgehead atoms. The van der Waals surface area contributed by atoms with Crippen LogP contribution in [0, 0.1) is 20.2 Å². The number of nitrogens with zero attached hydrogens (tertiary/aromatic N) is 8. The second-order valence-electron chi connectivity index (χ2n) is 10.4. The molecule has 0 aliphatic carbocycles. The molecule has 0 spiro atoms. The molecule has 0 radical (unpaired) electrons. The lowest BCUT2D eigenvalue weighted by Crippen LogP contribution is -2.45. The minimum atomic E-state index is -1.68. The summed E-state index contributed by atoms with van der Waals surface area (Å²) in [5.41, 5.74) is 4.45. The molecule has 42 heavy (non-hydrogen) atoms. The van der Waals surface area contributed by atoms with Crippen molar-refractivity contribution in [2.75, 3.05) is 82.9 Å². The van der Waals surface area contributed by atoms with Crippen LogP contribution < -0.4 is 15.5 Å². The summed E-state index contributed by atoms with van der Waals surface area (Å²) < 4.78 is 5.29. The molecule has 226 valence electrons. The Morgan fingerprint density at radius 1 is 0.833 bits per heavy atom. The summed E-state index contributed by atoms with van der Waals surface area (Å²) in [5.74, 6) is -4.69. The number of carbonyl (C=O) groups excluding carboxylic acids is 2. The minimum absolute atomic E-state index is 0.101. The predicted molar refractivity (Wildman–Crippen MR) is 153 cm³/mol. The van der Waals surface area contributed by atoms with E-state index in [1.54, 1.807) is 6.92 Å². The first-order valence-electron chi connectivity index (χ1n) is 13.6. The fourth-order valence-electron chi connectivity index (χ4n) is 5.30. The van der Waals surface area contributed by atoms with Crippen molar-refractivity contribution < 1.29 is 24.2 Å². The van der Waals surface area contributed by atoms with Crippen LogP contribution >= 0.6 is 0 Å². The molecule has 2 N–H and O–H groups in total. The predicted octanol–water partition coefficient (Wildman–Crippen LogP) is 0.712. The second-order valence-corrected chi connectivity index (χ2v) is 10.4. The first kappa shape index (κ1) is 30.5. The average molecular weight is 586 g/mol. The van der Waals surface area contributed by atoms with Crippen molar-refractivity contribution in [1.82, 2.24) is 19.8 Å². The van der Waals surface area contributed by atoms with Crippen LogP contribution in [0.25, 0.3) is 0 Å². The Kier molecular flexibility index (Phi) is 9.47. The molecule has 2 aromatic rings. The van der Waals surface area contributed by atoms with E-state index in [2.05, 4.69) is 19.8 Å². The van der Waals surface area contributed by atoms with E-state index in [0.717, 1.165) is 38.6 Å². The van der Waals surface area contributed by atoms with Crippen LogP contribution in [0.4, 0.5) is 23.0 Å². The molecule has 2 aromatic heterocycles. The van der Waals surface area contributed by atoms with E-state index in [1.807, 2.05) is 23.9 Å². The summed E-state index contributed by atoms with van der Waals surface area (Å²) in [4.78, 5) is 66.2. The number of ether oxygens (including phenoxy) is 1. The Balaban J connectivity index is 1.90. The maximum absolute atomic E-state index is 13.6. The van der Waals surface area contributed by atoms with E-state index in [1.165, 1.54) is 12.1 Å². The Bertz CT molecular complexity index is 1340. The third kappa shape index (κ3) is 6.54. The first-order chi connectivity index (χ1) is 20.0. The van der Waals surface area contributed by atoms with E-state index >= 15 is 0 Å². The van der Waals surface area contributed by atoms with Crippen molar-refractivity contribution in [3.05, 3.63) is 55.9 Å². The molecule has 2 aliphatic heterocycles. The molecular weight excluding hydrogens is 550 g/mol. The quantitative estimate of drug-likeness (QED) is 0.233. The number of piperazine rings is 2. The third-order valence-electron chi connectivity index (χ3n) is 7.70. The largest absolute Gasteiger partial charge is 0.465 e. The van der Waals surface area contributed by atoms with Gasteiger partial charge in [-0.15, -0.1) is 0 Å². The highest BCUT2D eigenvalue weighted by Crippen LogP contribution is 2.43. The van der Waals surface area contributed by atoms with Gasteiger partial charge in [-0.25, -0.2) is 9.97 Å². The van der Waals surface area contributed by atoms with E-state index in [-0.39, 0.29) is 17.7 Å². The summed E-state index contributed by atoms with van der Waals surface area (Å²) in [7, 11) is 3.94. The van der Waals surface area contributed by atoms with Crippen LogP contribution in [-0.2, 0) is 14.3 Å². The van der Waals surface area contributed by atoms with Gasteiger partial charge in [-0.3, -0.25) is 29.8 Å². The zero-order valence-corrected chi connectivity index (χ0v) is 23.8. The third-order valence-corrected chi connectivity index (χ3v) is 7.70. The van der Waals surface area contributed by atoms with Gasteiger partial charge < -0.3 is 30.1 Å². The van der Waals surface area contributed by atoms with Crippen LogP contribution in [0.2, 0.25) is 0 Å². The second kappa shape index (κ2) is 13.0. The van der Waals surface area contributed by atoms with E-state index in [0.29, 0.717) is 37.8 Å². The summed E-state index contributed by atoms with van der Waals surface area (Å²) in [5, 5.41) is 24.3. The smallest absolute Gasteiger partial charge is 0.314 e. The van der Waals surface area contributed by atoms with Crippen molar-refractivity contribution in [2.24, 2.45) is 5.73 Å². The lowest BCUT2D eigenvalue weighted by Gasteiger charge is -2.34. The number of pyridine rings is 2. The highest BCUT2D eigenvalue weighted by Gasteiger charge is 2.44. The Hall–Kier alpha value is -4.44. The summed E-state index contributed by atoms with van der Waals surface area (Å²) in [6.45, 7) is 6.63. The number of carbonyl (C=O) groups is 2. The van der Waals surface area contributed by atoms with Gasteiger partial charge in [0.1, 0.15) is 29.9 Å². The van der Waals surface area contributed by atoms with Gasteiger partial charge in [0.2, 0.25) is 5.91 Å². The van der Waals surface area contributed by atoms with Crippen LogP contribution in [0.3, 0.4) is 0 Å². The molecule has 2 fully saturated rings. The molecule has 0 aromatic carbocycles. The highest BCUT2D eigenvalue weighted by molar-refractivity contribution is 5.93. The maximum atomic E-state index is 13.6. The standard InChI is InChI=1S/C26H35N9O7/c1-4-42-26(37)24(18-14-22(29-16-20(18)35(40)41)33-11-7-31(3)8-12-33)23(25(27)36)17-13-21(28-15-19(17)34(38)39)32-9-5-30(2)6-10-32/h13-16,23-24H,4-12H2,1-3H3,(H2,27,36). The van der Waals surface area contributed by atoms with E-state index in [9.17, 15) is 29.8 Å². The summed E-state index contributed by atoms with van der Waals surface area (Å²) >= 11 is 0. The fourth-order valence-corrected chi connectivity index (χ4v) is 5.30. The van der Waals surface area contributed by atoms with Crippen molar-refractivity contribution in [3.8, 4) is 0 Å². The van der Waals surface area contributed by atoms with E-state index in [4.69, 9.17) is 10.5 Å². The average Bonchev–Trinajstić information content (AvgIpc) is 2.95. The van der Waals surface area contributed by atoms with Crippen LogP contribution in [0.5, 0.6) is 0 Å². The first-order valence-corrected chi connectivity index (χ1v) is 13.6. The molecule has 4 heterocycles. The molecule has 1 amide bonds. The number of nitro groups is 2. The Morgan fingerprint density at radius 2 is 1.24 bits per heavy atom. The zero-order chi connectivity index (χ0) is 30.6. The highest BCUT2D eigenvalue weighted by atomic mass is 16.6. The van der Waals surface area contributed by atoms with Crippen molar-refractivity contribution in [3.63, 3.8) is 0 Å². The number of esters is 1. The number of amides is 1. The molecule has 0 saturated carbocycles. The van der Waals surface area contributed by atoms with Crippen LogP contribution in [0.15, 0.2) is 24.5 Å². The monoisotopic (exact) mass is 585 g/mol. The number of rotatable bonds is 10. The van der Waals surface area contributed by atoms with Crippen molar-refractivity contribution >= 4 is 34.9 Å². The van der Waals surface area contributed by atoms with Gasteiger partial charge in [0.05, 0.1) is 27.9 Å². The molecular formula is C26H35N9O7. The van der Waals surface area contributed by atoms with Gasteiger partial charge in [-0.1, -0.05) is 0 Å². The van der Waals surface area contributed by atoms with Gasteiger partial charge in [-0.2, -0.15) is 0 Å². The van der Waals surface area contributed by atoms with Crippen LogP contribution in [-0.4, -0.2) is 115 Å². The molecule has 2 unspecified atom stereocenters. The number of likely N-dealkylation sites (N-methyl/N-ethyl adjacent to an activating group) is 2. The Morgan fingerprint density at radius 3 is 1.60 bits per heavy atom. The van der Waals surface area contributed by atoms with Gasteiger partial charge >= 0.3 is 5.97 Å². The van der Waals surface area contributed by atoms with Gasteiger partial charge in [0, 0.05) is 57.9 Å². The molecule has 2 aliphatic rings. The molecule has 2 saturated heterocycles. The number of nitrogens with two attached hydrogens (primary N) is 1. The normalized spacial score (nSPS) is 17.9. The van der Waals surface area contributed by atoms with E-state index < -0.39 is 44.9 Å². The topological polar surface area (TPSA) is 194 Å². The summed E-state index contributed by atoms with van der Waals surface area (Å²) in [6, 6.07) is 2.76. The van der Waals surface area contributed by atoms with Crippen molar-refractivity contribution in [2.45, 2.75) is 18.8 Å². The minimum Gasteiger partial charge on any atom is -0.465 e. The van der Waals surface area contributed by atoms with Gasteiger partial charge in [-0.05, 0) is 33.2 Å². The van der Waals surface area contributed by atoms with Crippen molar-refractivity contribution in [1.29, 1.82) is 0 Å². The van der Waals surface area contributed by atoms with Gasteiger partial charge in [0.15, 0.2) is 0 Å². The van der Waals surface area contributed by atoms with Crippen LogP contribution in [0.1, 0.15) is 29.9 Å². The summed E-state index contributed by atoms with van der Waals surface area (Å²) in [6.07, 6.45) is 2.06. The maximum Gasteiger partial charge on any atom is 0.314 e. The molecule has 2 atom stereocenters. The Labute approximate surface area is 242 Å². The number of hydrogen-bond acceptors (Lipinski definition) is 13.